The molecule has 0 atom stereocenters. The highest BCUT2D eigenvalue weighted by Crippen LogP contribution is 2.26. The van der Waals surface area contributed by atoms with Gasteiger partial charge >= 0.3 is 0 Å². The van der Waals surface area contributed by atoms with Gasteiger partial charge in [0.25, 0.3) is 11.8 Å². The highest BCUT2D eigenvalue weighted by Gasteiger charge is 2.22. The third-order valence-corrected chi connectivity index (χ3v) is 5.54. The number of fused-ring (bicyclic) bond motifs is 2. The van der Waals surface area contributed by atoms with Crippen LogP contribution in [0.25, 0.3) is 11.0 Å². The number of nitrogens with zero attached hydrogens (tertiary/aromatic N) is 3. The molecule has 11 nitrogen and oxygen atoms in total. The first-order valence-electron chi connectivity index (χ1n) is 10.5. The summed E-state index contributed by atoms with van der Waals surface area (Å²) in [5.41, 5.74) is 3.77. The molecule has 0 fully saturated rings. The minimum absolute atomic E-state index is 0.0149. The molecule has 4 heterocycles. The van der Waals surface area contributed by atoms with Crippen LogP contribution in [-0.2, 0) is 17.8 Å². The minimum atomic E-state index is -0.414. The van der Waals surface area contributed by atoms with Crippen molar-refractivity contribution >= 4 is 34.3 Å². The largest absolute Gasteiger partial charge is 0.486 e. The van der Waals surface area contributed by atoms with Crippen LogP contribution in [0, 0.1) is 13.8 Å². The number of rotatable bonds is 5. The number of carbonyl (C=O) groups excluding carboxylic acids is 3. The predicted molar refractivity (Wildman–Crippen MR) is 120 cm³/mol. The zero-order chi connectivity index (χ0) is 23.8. The number of benzene rings is 1. The molecule has 0 unspecified atom stereocenters. The number of aromatic amines is 1. The molecule has 0 radical (unpaired) electrons. The number of hydrogen-bond acceptors (Lipinski definition) is 8. The Morgan fingerprint density at radius 2 is 2.03 bits per heavy atom. The van der Waals surface area contributed by atoms with Gasteiger partial charge in [-0.05, 0) is 31.5 Å². The van der Waals surface area contributed by atoms with Crippen LogP contribution in [-0.4, -0.2) is 44.3 Å². The fraction of sp³-hybridized carbons (Fsp3) is 0.217. The molecule has 2 amide bonds. The second kappa shape index (κ2) is 8.43. The van der Waals surface area contributed by atoms with Crippen molar-refractivity contribution in [2.45, 2.75) is 26.8 Å². The van der Waals surface area contributed by atoms with Gasteiger partial charge < -0.3 is 24.9 Å². The van der Waals surface area contributed by atoms with Crippen LogP contribution in [0.1, 0.15) is 43.4 Å². The molecule has 3 N–H and O–H groups in total. The van der Waals surface area contributed by atoms with Crippen molar-refractivity contribution in [1.82, 2.24) is 25.4 Å². The summed E-state index contributed by atoms with van der Waals surface area (Å²) in [4.78, 5) is 48.5. The minimum Gasteiger partial charge on any atom is -0.486 e. The Bertz CT molecular complexity index is 1430. The number of H-pyrrole nitrogens is 1. The smallest absolute Gasteiger partial charge is 0.272 e. The first-order valence-corrected chi connectivity index (χ1v) is 10.5. The van der Waals surface area contributed by atoms with Gasteiger partial charge in [-0.1, -0.05) is 11.2 Å². The van der Waals surface area contributed by atoms with E-state index in [0.717, 1.165) is 11.1 Å². The Hall–Kier alpha value is -4.54. The number of amides is 2. The third-order valence-electron chi connectivity index (χ3n) is 5.54. The Balaban J connectivity index is 1.33. The summed E-state index contributed by atoms with van der Waals surface area (Å²) in [6, 6.07) is 5.48. The lowest BCUT2D eigenvalue weighted by molar-refractivity contribution is -0.121. The number of aromatic nitrogens is 4. The van der Waals surface area contributed by atoms with E-state index in [1.807, 2.05) is 12.1 Å². The van der Waals surface area contributed by atoms with Gasteiger partial charge in [-0.3, -0.25) is 14.4 Å². The van der Waals surface area contributed by atoms with Gasteiger partial charge in [0.2, 0.25) is 0 Å². The van der Waals surface area contributed by atoms with Gasteiger partial charge in [0.05, 0.1) is 16.9 Å². The molecule has 34 heavy (non-hydrogen) atoms. The van der Waals surface area contributed by atoms with Crippen molar-refractivity contribution in [3.63, 3.8) is 0 Å². The SMILES string of the molecule is Cc1noc(C)c1C(=O)Nc1c[nH]c2c(C(=O)NCc3ccc4c(c3)CC(=O)CO4)ncnc12. The van der Waals surface area contributed by atoms with Gasteiger partial charge in [0.1, 0.15) is 35.5 Å². The first kappa shape index (κ1) is 21.3. The maximum Gasteiger partial charge on any atom is 0.272 e. The highest BCUT2D eigenvalue weighted by molar-refractivity contribution is 6.11. The quantitative estimate of drug-likeness (QED) is 0.410. The molecule has 1 aliphatic rings. The second-order valence-electron chi connectivity index (χ2n) is 7.93. The highest BCUT2D eigenvalue weighted by atomic mass is 16.5. The molecule has 5 rings (SSSR count). The van der Waals surface area contributed by atoms with Gasteiger partial charge in [-0.15, -0.1) is 0 Å². The Labute approximate surface area is 192 Å². The molecular weight excluding hydrogens is 440 g/mol. The molecule has 0 saturated carbocycles. The van der Waals surface area contributed by atoms with Gasteiger partial charge in [0.15, 0.2) is 11.5 Å². The zero-order valence-corrected chi connectivity index (χ0v) is 18.4. The molecule has 172 valence electrons. The van der Waals surface area contributed by atoms with E-state index >= 15 is 0 Å². The number of nitrogens with one attached hydrogen (secondary N) is 3. The zero-order valence-electron chi connectivity index (χ0n) is 18.4. The van der Waals surface area contributed by atoms with E-state index in [9.17, 15) is 14.4 Å². The summed E-state index contributed by atoms with van der Waals surface area (Å²) >= 11 is 0. The van der Waals surface area contributed by atoms with Crippen LogP contribution in [0.2, 0.25) is 0 Å². The molecule has 3 aromatic heterocycles. The summed E-state index contributed by atoms with van der Waals surface area (Å²) in [5.74, 6) is 0.299. The van der Waals surface area contributed by atoms with Crippen molar-refractivity contribution in [3.05, 3.63) is 64.6 Å². The summed E-state index contributed by atoms with van der Waals surface area (Å²) < 4.78 is 10.5. The fourth-order valence-corrected chi connectivity index (χ4v) is 3.91. The van der Waals surface area contributed by atoms with E-state index < -0.39 is 11.8 Å². The number of hydrogen-bond donors (Lipinski definition) is 3. The lowest BCUT2D eigenvalue weighted by Crippen LogP contribution is -2.25. The van der Waals surface area contributed by atoms with Gasteiger partial charge in [-0.2, -0.15) is 0 Å². The average molecular weight is 460 g/mol. The van der Waals surface area contributed by atoms with Crippen molar-refractivity contribution in [2.24, 2.45) is 0 Å². The van der Waals surface area contributed by atoms with Crippen molar-refractivity contribution in [2.75, 3.05) is 11.9 Å². The van der Waals surface area contributed by atoms with Crippen molar-refractivity contribution in [3.8, 4) is 5.75 Å². The molecule has 0 spiro atoms. The Morgan fingerprint density at radius 3 is 2.82 bits per heavy atom. The summed E-state index contributed by atoms with van der Waals surface area (Å²) in [6.07, 6.45) is 3.12. The van der Waals surface area contributed by atoms with E-state index in [4.69, 9.17) is 9.26 Å². The number of Topliss-reactive ketones (excluding diaryl/α,β-unsaturated/α-hetero) is 1. The lowest BCUT2D eigenvalue weighted by atomic mass is 10.0. The lowest BCUT2D eigenvalue weighted by Gasteiger charge is -2.17. The maximum atomic E-state index is 12.9. The monoisotopic (exact) mass is 460 g/mol. The van der Waals surface area contributed by atoms with Crippen LogP contribution in [0.4, 0.5) is 5.69 Å². The van der Waals surface area contributed by atoms with Gasteiger partial charge in [-0.25, -0.2) is 9.97 Å². The number of carbonyl (C=O) groups is 3. The predicted octanol–water partition coefficient (Wildman–Crippen LogP) is 2.25. The molecule has 0 bridgehead atoms. The average Bonchev–Trinajstić information content (AvgIpc) is 3.39. The topological polar surface area (TPSA) is 152 Å². The van der Waals surface area contributed by atoms with Gasteiger partial charge in [0, 0.05) is 24.7 Å². The van der Waals surface area contributed by atoms with E-state index in [2.05, 4.69) is 30.7 Å². The molecule has 11 heteroatoms. The van der Waals surface area contributed by atoms with Crippen LogP contribution in [0.3, 0.4) is 0 Å². The number of anilines is 1. The van der Waals surface area contributed by atoms with E-state index in [0.29, 0.717) is 45.9 Å². The molecule has 0 aliphatic carbocycles. The number of ketones is 1. The Kier molecular flexibility index (Phi) is 5.28. The molecule has 1 aliphatic heterocycles. The normalized spacial score (nSPS) is 12.8. The van der Waals surface area contributed by atoms with Crippen molar-refractivity contribution < 1.29 is 23.6 Å². The number of aryl methyl sites for hydroxylation is 2. The van der Waals surface area contributed by atoms with E-state index in [-0.39, 0.29) is 24.6 Å². The van der Waals surface area contributed by atoms with E-state index in [1.54, 1.807) is 26.1 Å². The molecule has 0 saturated heterocycles. The van der Waals surface area contributed by atoms with Crippen LogP contribution >= 0.6 is 0 Å². The first-order chi connectivity index (χ1) is 16.4. The van der Waals surface area contributed by atoms with E-state index in [1.165, 1.54) is 6.33 Å². The van der Waals surface area contributed by atoms with Crippen LogP contribution in [0.5, 0.6) is 5.75 Å². The Morgan fingerprint density at radius 1 is 1.18 bits per heavy atom. The third kappa shape index (κ3) is 3.87. The summed E-state index contributed by atoms with van der Waals surface area (Å²) in [5, 5.41) is 9.40. The standard InChI is InChI=1S/C23H20N6O5/c1-11-18(12(2)34-29-11)22(31)28-16-8-24-20-19(16)26-10-27-21(20)23(32)25-7-13-3-4-17-14(5-13)6-15(30)9-33-17/h3-5,8,10,24H,6-7,9H2,1-2H3,(H,25,32)(H,28,31). The van der Waals surface area contributed by atoms with Crippen LogP contribution < -0.4 is 15.4 Å². The van der Waals surface area contributed by atoms with Crippen molar-refractivity contribution in [1.29, 1.82) is 0 Å². The molecule has 1 aromatic carbocycles. The summed E-state index contributed by atoms with van der Waals surface area (Å²) in [6.45, 7) is 3.66. The maximum absolute atomic E-state index is 12.9. The molecular formula is C23H20N6O5. The molecule has 4 aromatic rings. The number of ether oxygens (including phenoxy) is 1. The second-order valence-corrected chi connectivity index (χ2v) is 7.93. The summed E-state index contributed by atoms with van der Waals surface area (Å²) in [7, 11) is 0. The fourth-order valence-electron chi connectivity index (χ4n) is 3.91. The van der Waals surface area contributed by atoms with Crippen LogP contribution in [0.15, 0.2) is 35.2 Å².